The fraction of sp³-hybridized carbons (Fsp3) is 0.263. The summed E-state index contributed by atoms with van der Waals surface area (Å²) in [5.41, 5.74) is 1.18. The maximum atomic E-state index is 12.5. The molecule has 0 spiro atoms. The Labute approximate surface area is 169 Å². The van der Waals surface area contributed by atoms with Gasteiger partial charge in [-0.3, -0.25) is 9.59 Å². The molecule has 0 saturated carbocycles. The SMILES string of the molecule is CCN(CC)S(=O)(=O)c1ccc(C(=O)Nc2ccc(NC(C)=O)cc2Cl)cc1. The highest BCUT2D eigenvalue weighted by Crippen LogP contribution is 2.26. The fourth-order valence-electron chi connectivity index (χ4n) is 2.58. The molecule has 150 valence electrons. The number of hydrogen-bond donors (Lipinski definition) is 2. The van der Waals surface area contributed by atoms with E-state index >= 15 is 0 Å². The minimum atomic E-state index is -3.58. The maximum Gasteiger partial charge on any atom is 0.255 e. The van der Waals surface area contributed by atoms with Crippen LogP contribution in [0.15, 0.2) is 47.4 Å². The molecule has 0 aromatic heterocycles. The molecule has 0 unspecified atom stereocenters. The standard InChI is InChI=1S/C19H22ClN3O4S/c1-4-23(5-2)28(26,27)16-9-6-14(7-10-16)19(25)22-18-11-8-15(12-17(18)20)21-13(3)24/h6-12H,4-5H2,1-3H3,(H,21,24)(H,22,25). The number of nitrogens with zero attached hydrogens (tertiary/aromatic N) is 1. The van der Waals surface area contributed by atoms with Crippen molar-refractivity contribution in [2.75, 3.05) is 23.7 Å². The van der Waals surface area contributed by atoms with Crippen LogP contribution in [0, 0.1) is 0 Å². The van der Waals surface area contributed by atoms with Crippen LogP contribution < -0.4 is 10.6 Å². The van der Waals surface area contributed by atoms with Crippen molar-refractivity contribution in [2.24, 2.45) is 0 Å². The van der Waals surface area contributed by atoms with E-state index in [1.165, 1.54) is 41.6 Å². The molecule has 0 bridgehead atoms. The summed E-state index contributed by atoms with van der Waals surface area (Å²) >= 11 is 6.15. The first-order valence-corrected chi connectivity index (χ1v) is 10.5. The summed E-state index contributed by atoms with van der Waals surface area (Å²) in [7, 11) is -3.58. The number of anilines is 2. The lowest BCUT2D eigenvalue weighted by atomic mass is 10.2. The van der Waals surface area contributed by atoms with Crippen molar-refractivity contribution in [3.8, 4) is 0 Å². The third-order valence-corrected chi connectivity index (χ3v) is 6.37. The van der Waals surface area contributed by atoms with Gasteiger partial charge in [-0.05, 0) is 42.5 Å². The summed E-state index contributed by atoms with van der Waals surface area (Å²) < 4.78 is 26.3. The molecule has 2 amide bonds. The zero-order valence-electron chi connectivity index (χ0n) is 15.8. The first-order chi connectivity index (χ1) is 13.2. The van der Waals surface area contributed by atoms with Crippen molar-refractivity contribution in [3.05, 3.63) is 53.1 Å². The number of rotatable bonds is 7. The number of halogens is 1. The van der Waals surface area contributed by atoms with Crippen LogP contribution in [0.1, 0.15) is 31.1 Å². The predicted octanol–water partition coefficient (Wildman–Crippen LogP) is 3.58. The topological polar surface area (TPSA) is 95.6 Å². The molecule has 2 aromatic rings. The first kappa shape index (κ1) is 21.9. The summed E-state index contributed by atoms with van der Waals surface area (Å²) in [6.45, 7) is 5.66. The van der Waals surface area contributed by atoms with E-state index in [-0.39, 0.29) is 15.8 Å². The number of nitrogens with one attached hydrogen (secondary N) is 2. The highest BCUT2D eigenvalue weighted by molar-refractivity contribution is 7.89. The molecule has 0 aliphatic heterocycles. The fourth-order valence-corrected chi connectivity index (χ4v) is 4.27. The van der Waals surface area contributed by atoms with Gasteiger partial charge in [0.2, 0.25) is 15.9 Å². The Hall–Kier alpha value is -2.42. The Kier molecular flexibility index (Phi) is 7.17. The number of benzene rings is 2. The highest BCUT2D eigenvalue weighted by atomic mass is 35.5. The third kappa shape index (κ3) is 5.09. The monoisotopic (exact) mass is 423 g/mol. The number of amides is 2. The van der Waals surface area contributed by atoms with Gasteiger partial charge in [0, 0.05) is 31.3 Å². The van der Waals surface area contributed by atoms with Crippen molar-refractivity contribution in [3.63, 3.8) is 0 Å². The van der Waals surface area contributed by atoms with E-state index in [2.05, 4.69) is 10.6 Å². The van der Waals surface area contributed by atoms with Gasteiger partial charge in [0.05, 0.1) is 15.6 Å². The molecule has 0 heterocycles. The van der Waals surface area contributed by atoms with Gasteiger partial charge in [-0.25, -0.2) is 8.42 Å². The molecule has 0 fully saturated rings. The second kappa shape index (κ2) is 9.18. The normalized spacial score (nSPS) is 11.3. The van der Waals surface area contributed by atoms with E-state index in [0.717, 1.165) is 0 Å². The van der Waals surface area contributed by atoms with Crippen LogP contribution in [0.25, 0.3) is 0 Å². The summed E-state index contributed by atoms with van der Waals surface area (Å²) in [5, 5.41) is 5.53. The lowest BCUT2D eigenvalue weighted by molar-refractivity contribution is -0.114. The predicted molar refractivity (Wildman–Crippen MR) is 110 cm³/mol. The molecule has 0 aliphatic carbocycles. The Morgan fingerprint density at radius 3 is 2.11 bits per heavy atom. The average Bonchev–Trinajstić information content (AvgIpc) is 2.64. The van der Waals surface area contributed by atoms with Gasteiger partial charge in [0.25, 0.3) is 5.91 Å². The molecule has 2 rings (SSSR count). The van der Waals surface area contributed by atoms with Crippen LogP contribution in [0.4, 0.5) is 11.4 Å². The first-order valence-electron chi connectivity index (χ1n) is 8.67. The van der Waals surface area contributed by atoms with Crippen molar-refractivity contribution >= 4 is 44.8 Å². The van der Waals surface area contributed by atoms with E-state index in [9.17, 15) is 18.0 Å². The zero-order valence-corrected chi connectivity index (χ0v) is 17.4. The Balaban J connectivity index is 2.17. The van der Waals surface area contributed by atoms with Crippen LogP contribution in [0.3, 0.4) is 0 Å². The molecule has 7 nitrogen and oxygen atoms in total. The molecule has 28 heavy (non-hydrogen) atoms. The van der Waals surface area contributed by atoms with Gasteiger partial charge in [-0.2, -0.15) is 4.31 Å². The molecule has 0 aliphatic rings. The van der Waals surface area contributed by atoms with Gasteiger partial charge in [-0.1, -0.05) is 25.4 Å². The molecule has 0 saturated heterocycles. The largest absolute Gasteiger partial charge is 0.326 e. The van der Waals surface area contributed by atoms with E-state index in [0.29, 0.717) is 30.0 Å². The van der Waals surface area contributed by atoms with Gasteiger partial charge < -0.3 is 10.6 Å². The maximum absolute atomic E-state index is 12.5. The Morgan fingerprint density at radius 2 is 1.61 bits per heavy atom. The van der Waals surface area contributed by atoms with Crippen molar-refractivity contribution in [2.45, 2.75) is 25.7 Å². The van der Waals surface area contributed by atoms with Crippen LogP contribution >= 0.6 is 11.6 Å². The summed E-state index contributed by atoms with van der Waals surface area (Å²) in [6.07, 6.45) is 0. The number of hydrogen-bond acceptors (Lipinski definition) is 4. The van der Waals surface area contributed by atoms with Crippen molar-refractivity contribution < 1.29 is 18.0 Å². The molecule has 0 atom stereocenters. The smallest absolute Gasteiger partial charge is 0.255 e. The average molecular weight is 424 g/mol. The van der Waals surface area contributed by atoms with E-state index in [1.54, 1.807) is 26.0 Å². The van der Waals surface area contributed by atoms with Gasteiger partial charge in [-0.15, -0.1) is 0 Å². The molecule has 0 radical (unpaired) electrons. The minimum absolute atomic E-state index is 0.130. The van der Waals surface area contributed by atoms with Gasteiger partial charge in [0.15, 0.2) is 0 Å². The Morgan fingerprint density at radius 1 is 1.00 bits per heavy atom. The van der Waals surface area contributed by atoms with E-state index < -0.39 is 15.9 Å². The summed E-state index contributed by atoms with van der Waals surface area (Å²) in [6, 6.07) is 10.4. The van der Waals surface area contributed by atoms with E-state index in [4.69, 9.17) is 11.6 Å². The second-order valence-corrected chi connectivity index (χ2v) is 8.29. The van der Waals surface area contributed by atoms with Crippen LogP contribution in [0.5, 0.6) is 0 Å². The van der Waals surface area contributed by atoms with Crippen LogP contribution in [-0.2, 0) is 14.8 Å². The molecular formula is C19H22ClN3O4S. The number of sulfonamides is 1. The van der Waals surface area contributed by atoms with Crippen molar-refractivity contribution in [1.82, 2.24) is 4.31 Å². The highest BCUT2D eigenvalue weighted by Gasteiger charge is 2.21. The summed E-state index contributed by atoms with van der Waals surface area (Å²) in [5.74, 6) is -0.659. The minimum Gasteiger partial charge on any atom is -0.326 e. The van der Waals surface area contributed by atoms with E-state index in [1.807, 2.05) is 0 Å². The van der Waals surface area contributed by atoms with Gasteiger partial charge in [0.1, 0.15) is 0 Å². The lowest BCUT2D eigenvalue weighted by Crippen LogP contribution is -2.30. The van der Waals surface area contributed by atoms with Crippen LogP contribution in [-0.4, -0.2) is 37.6 Å². The van der Waals surface area contributed by atoms with Crippen molar-refractivity contribution in [1.29, 1.82) is 0 Å². The molecule has 9 heteroatoms. The van der Waals surface area contributed by atoms with Crippen LogP contribution in [0.2, 0.25) is 5.02 Å². The summed E-state index contributed by atoms with van der Waals surface area (Å²) in [4.78, 5) is 23.6. The quantitative estimate of drug-likeness (QED) is 0.711. The lowest BCUT2D eigenvalue weighted by Gasteiger charge is -2.18. The number of carbonyl (C=O) groups excluding carboxylic acids is 2. The third-order valence-electron chi connectivity index (χ3n) is 4.00. The molecule has 2 N–H and O–H groups in total. The van der Waals surface area contributed by atoms with Gasteiger partial charge >= 0.3 is 0 Å². The molecule has 2 aromatic carbocycles. The molecular weight excluding hydrogens is 402 g/mol. The number of carbonyl (C=O) groups is 2. The zero-order chi connectivity index (χ0) is 20.9. The second-order valence-electron chi connectivity index (χ2n) is 5.94. The Bertz CT molecular complexity index is 971.